The van der Waals surface area contributed by atoms with Crippen LogP contribution in [0.15, 0.2) is 54.6 Å². The summed E-state index contributed by atoms with van der Waals surface area (Å²) in [5.41, 5.74) is 3.45. The van der Waals surface area contributed by atoms with E-state index in [9.17, 15) is 9.90 Å². The molecular weight excluding hydrogens is 316 g/mol. The lowest BCUT2D eigenvalue weighted by atomic mass is 10.0. The molecule has 5 nitrogen and oxygen atoms in total. The zero-order valence-corrected chi connectivity index (χ0v) is 14.5. The van der Waals surface area contributed by atoms with Crippen molar-refractivity contribution in [3.63, 3.8) is 0 Å². The quantitative estimate of drug-likeness (QED) is 0.527. The van der Waals surface area contributed by atoms with Crippen molar-refractivity contribution in [3.05, 3.63) is 71.3 Å². The van der Waals surface area contributed by atoms with Crippen LogP contribution in [0.25, 0.3) is 0 Å². The monoisotopic (exact) mass is 342 g/mol. The van der Waals surface area contributed by atoms with Crippen LogP contribution < -0.4 is 10.6 Å². The minimum atomic E-state index is -1.13. The largest absolute Gasteiger partial charge is 0.465 e. The lowest BCUT2D eigenvalue weighted by molar-refractivity contribution is 0.118. The molecule has 5 heteroatoms. The summed E-state index contributed by atoms with van der Waals surface area (Å²) in [6.45, 7) is 3.12. The molecule has 0 unspecified atom stereocenters. The maximum absolute atomic E-state index is 11.0. The van der Waals surface area contributed by atoms with E-state index in [0.29, 0.717) is 13.0 Å². The molecule has 2 atom stereocenters. The van der Waals surface area contributed by atoms with E-state index in [4.69, 9.17) is 5.11 Å². The number of carboxylic acid groups (broad SMARTS) is 1. The Morgan fingerprint density at radius 2 is 1.72 bits per heavy atom. The van der Waals surface area contributed by atoms with Crippen LogP contribution in [0.3, 0.4) is 0 Å². The first-order valence-corrected chi connectivity index (χ1v) is 8.52. The van der Waals surface area contributed by atoms with Crippen LogP contribution in [-0.4, -0.2) is 41.5 Å². The van der Waals surface area contributed by atoms with Gasteiger partial charge in [0.25, 0.3) is 0 Å². The SMILES string of the molecule is Cc1ccc(CCNC[C@@H](O)[C@H](Cc2ccccc2)NC(=O)O)cc1. The molecule has 0 bridgehead atoms. The van der Waals surface area contributed by atoms with E-state index in [1.807, 2.05) is 30.3 Å². The molecule has 2 aromatic rings. The van der Waals surface area contributed by atoms with Gasteiger partial charge in [0.05, 0.1) is 12.1 Å². The first-order valence-electron chi connectivity index (χ1n) is 8.52. The number of benzene rings is 2. The third-order valence-electron chi connectivity index (χ3n) is 4.14. The van der Waals surface area contributed by atoms with Crippen LogP contribution in [0.2, 0.25) is 0 Å². The summed E-state index contributed by atoms with van der Waals surface area (Å²) in [4.78, 5) is 11.0. The van der Waals surface area contributed by atoms with E-state index >= 15 is 0 Å². The van der Waals surface area contributed by atoms with Crippen LogP contribution in [0, 0.1) is 6.92 Å². The molecule has 0 saturated heterocycles. The number of carbonyl (C=O) groups is 1. The zero-order valence-electron chi connectivity index (χ0n) is 14.5. The highest BCUT2D eigenvalue weighted by atomic mass is 16.4. The van der Waals surface area contributed by atoms with Gasteiger partial charge >= 0.3 is 6.09 Å². The summed E-state index contributed by atoms with van der Waals surface area (Å²) in [6, 6.07) is 17.4. The molecule has 25 heavy (non-hydrogen) atoms. The number of amides is 1. The fourth-order valence-corrected chi connectivity index (χ4v) is 2.69. The molecule has 0 aliphatic rings. The van der Waals surface area contributed by atoms with Crippen LogP contribution in [0.5, 0.6) is 0 Å². The summed E-state index contributed by atoms with van der Waals surface area (Å²) in [5, 5.41) is 25.0. The predicted octanol–water partition coefficient (Wildman–Crippen LogP) is 2.37. The lowest BCUT2D eigenvalue weighted by Gasteiger charge is -2.23. The van der Waals surface area contributed by atoms with Gasteiger partial charge in [-0.15, -0.1) is 0 Å². The number of rotatable bonds is 9. The minimum Gasteiger partial charge on any atom is -0.465 e. The van der Waals surface area contributed by atoms with Gasteiger partial charge < -0.3 is 20.8 Å². The van der Waals surface area contributed by atoms with Gasteiger partial charge in [-0.1, -0.05) is 60.2 Å². The van der Waals surface area contributed by atoms with Crippen LogP contribution in [0.4, 0.5) is 4.79 Å². The van der Waals surface area contributed by atoms with Gasteiger partial charge in [0, 0.05) is 6.54 Å². The molecule has 0 fully saturated rings. The number of hydrogen-bond acceptors (Lipinski definition) is 3. The van der Waals surface area contributed by atoms with Gasteiger partial charge in [-0.3, -0.25) is 0 Å². The third-order valence-corrected chi connectivity index (χ3v) is 4.14. The van der Waals surface area contributed by atoms with Crippen molar-refractivity contribution in [3.8, 4) is 0 Å². The Morgan fingerprint density at radius 1 is 1.04 bits per heavy atom. The fourth-order valence-electron chi connectivity index (χ4n) is 2.69. The number of nitrogens with one attached hydrogen (secondary N) is 2. The highest BCUT2D eigenvalue weighted by molar-refractivity contribution is 5.65. The first-order chi connectivity index (χ1) is 12.0. The second-order valence-corrected chi connectivity index (χ2v) is 6.25. The standard InChI is InChI=1S/C20H26N2O3/c1-15-7-9-16(10-8-15)11-12-21-14-19(23)18(22-20(24)25)13-17-5-3-2-4-6-17/h2-10,18-19,21-23H,11-14H2,1H3,(H,24,25)/t18-,19+/m0/s1. The van der Waals surface area contributed by atoms with E-state index in [1.165, 1.54) is 11.1 Å². The van der Waals surface area contributed by atoms with E-state index in [0.717, 1.165) is 18.5 Å². The summed E-state index contributed by atoms with van der Waals surface area (Å²) in [5.74, 6) is 0. The van der Waals surface area contributed by atoms with Crippen LogP contribution in [-0.2, 0) is 12.8 Å². The zero-order chi connectivity index (χ0) is 18.1. The maximum Gasteiger partial charge on any atom is 0.404 e. The summed E-state index contributed by atoms with van der Waals surface area (Å²) < 4.78 is 0. The van der Waals surface area contributed by atoms with E-state index in [2.05, 4.69) is 41.8 Å². The Labute approximate surface area is 148 Å². The van der Waals surface area contributed by atoms with Crippen molar-refractivity contribution >= 4 is 6.09 Å². The van der Waals surface area contributed by atoms with Gasteiger partial charge in [0.2, 0.25) is 0 Å². The molecule has 2 rings (SSSR count). The number of aliphatic hydroxyl groups excluding tert-OH is 1. The average molecular weight is 342 g/mol. The second kappa shape index (κ2) is 9.81. The molecule has 4 N–H and O–H groups in total. The Bertz CT molecular complexity index is 644. The van der Waals surface area contributed by atoms with Gasteiger partial charge in [0.15, 0.2) is 0 Å². The van der Waals surface area contributed by atoms with Crippen molar-refractivity contribution < 1.29 is 15.0 Å². The third kappa shape index (κ3) is 6.95. The Hall–Kier alpha value is -2.37. The van der Waals surface area contributed by atoms with Gasteiger partial charge in [-0.2, -0.15) is 0 Å². The summed E-state index contributed by atoms with van der Waals surface area (Å²) in [6.07, 6.45) is -0.606. The molecule has 0 saturated carbocycles. The van der Waals surface area contributed by atoms with Crippen molar-refractivity contribution in [1.29, 1.82) is 0 Å². The molecular formula is C20H26N2O3. The number of aliphatic hydroxyl groups is 1. The molecule has 0 aliphatic heterocycles. The first kappa shape index (κ1) is 19.0. The highest BCUT2D eigenvalue weighted by Crippen LogP contribution is 2.07. The van der Waals surface area contributed by atoms with Crippen LogP contribution in [0.1, 0.15) is 16.7 Å². The molecule has 0 radical (unpaired) electrons. The Morgan fingerprint density at radius 3 is 2.36 bits per heavy atom. The highest BCUT2D eigenvalue weighted by Gasteiger charge is 2.21. The Balaban J connectivity index is 1.80. The van der Waals surface area contributed by atoms with Crippen molar-refractivity contribution in [1.82, 2.24) is 10.6 Å². The molecule has 1 amide bonds. The van der Waals surface area contributed by atoms with E-state index in [1.54, 1.807) is 0 Å². The topological polar surface area (TPSA) is 81.6 Å². The fraction of sp³-hybridized carbons (Fsp3) is 0.350. The lowest BCUT2D eigenvalue weighted by Crippen LogP contribution is -2.48. The van der Waals surface area contributed by atoms with E-state index < -0.39 is 18.2 Å². The maximum atomic E-state index is 11.0. The van der Waals surface area contributed by atoms with Gasteiger partial charge in [-0.05, 0) is 37.4 Å². The molecule has 134 valence electrons. The summed E-state index contributed by atoms with van der Waals surface area (Å²) in [7, 11) is 0. The van der Waals surface area contributed by atoms with Crippen molar-refractivity contribution in [2.24, 2.45) is 0 Å². The minimum absolute atomic E-state index is 0.337. The Kier molecular flexibility index (Phi) is 7.44. The van der Waals surface area contributed by atoms with Gasteiger partial charge in [-0.25, -0.2) is 4.79 Å². The average Bonchev–Trinajstić information content (AvgIpc) is 2.60. The number of aryl methyl sites for hydroxylation is 1. The van der Waals surface area contributed by atoms with Crippen LogP contribution >= 0.6 is 0 Å². The number of hydrogen-bond donors (Lipinski definition) is 4. The molecule has 0 aromatic heterocycles. The van der Waals surface area contributed by atoms with E-state index in [-0.39, 0.29) is 0 Å². The molecule has 0 heterocycles. The van der Waals surface area contributed by atoms with Crippen molar-refractivity contribution in [2.75, 3.05) is 13.1 Å². The predicted molar refractivity (Wildman–Crippen MR) is 98.9 cm³/mol. The molecule has 0 aliphatic carbocycles. The van der Waals surface area contributed by atoms with Crippen molar-refractivity contribution in [2.45, 2.75) is 31.9 Å². The van der Waals surface area contributed by atoms with Gasteiger partial charge in [0.1, 0.15) is 0 Å². The molecule has 0 spiro atoms. The molecule has 2 aromatic carbocycles. The smallest absolute Gasteiger partial charge is 0.404 e. The summed E-state index contributed by atoms with van der Waals surface area (Å²) >= 11 is 0. The normalized spacial score (nSPS) is 13.2. The second-order valence-electron chi connectivity index (χ2n) is 6.25.